The predicted molar refractivity (Wildman–Crippen MR) is 118 cm³/mol. The molecule has 1 aromatic heterocycles. The number of nitriles is 1. The molecule has 0 bridgehead atoms. The maximum atomic E-state index is 12.8. The third-order valence-corrected chi connectivity index (χ3v) is 5.21. The van der Waals surface area contributed by atoms with Crippen LogP contribution in [0.2, 0.25) is 0 Å². The van der Waals surface area contributed by atoms with Crippen LogP contribution in [0.15, 0.2) is 70.7 Å². The lowest BCUT2D eigenvalue weighted by Gasteiger charge is -2.19. The highest BCUT2D eigenvalue weighted by Gasteiger charge is 2.31. The van der Waals surface area contributed by atoms with Crippen molar-refractivity contribution < 1.29 is 14.0 Å². The Hall–Kier alpha value is -4.45. The van der Waals surface area contributed by atoms with E-state index in [1.54, 1.807) is 24.3 Å². The van der Waals surface area contributed by atoms with Crippen molar-refractivity contribution in [1.29, 1.82) is 5.26 Å². The van der Waals surface area contributed by atoms with Crippen LogP contribution >= 0.6 is 0 Å². The van der Waals surface area contributed by atoms with Crippen molar-refractivity contribution in [2.75, 3.05) is 29.2 Å². The van der Waals surface area contributed by atoms with E-state index in [1.807, 2.05) is 54.2 Å². The molecule has 3 aromatic rings. The Balaban J connectivity index is 1.40. The molecular weight excluding hydrogens is 408 g/mol. The summed E-state index contributed by atoms with van der Waals surface area (Å²) in [5.74, 6) is 0.198. The van der Waals surface area contributed by atoms with E-state index in [2.05, 4.69) is 15.5 Å². The number of aromatic nitrogens is 2. The van der Waals surface area contributed by atoms with Gasteiger partial charge in [0.1, 0.15) is 17.5 Å². The molecule has 0 aliphatic carbocycles. The second kappa shape index (κ2) is 8.73. The molecule has 1 aliphatic heterocycles. The summed E-state index contributed by atoms with van der Waals surface area (Å²) in [4.78, 5) is 28.8. The number of rotatable bonds is 6. The Labute approximate surface area is 184 Å². The Bertz CT molecular complexity index is 1190. The van der Waals surface area contributed by atoms with Crippen LogP contribution in [0.1, 0.15) is 12.8 Å². The number of nitrogens with one attached hydrogen (secondary N) is 1. The summed E-state index contributed by atoms with van der Waals surface area (Å²) in [5.41, 5.74) is 3.16. The highest BCUT2D eigenvalue weighted by atomic mass is 16.4. The number of para-hydroxylation sites is 2. The van der Waals surface area contributed by atoms with Gasteiger partial charge in [-0.15, -0.1) is 10.2 Å². The zero-order valence-corrected chi connectivity index (χ0v) is 17.6. The van der Waals surface area contributed by atoms with E-state index < -0.39 is 0 Å². The van der Waals surface area contributed by atoms with Crippen LogP contribution in [0.25, 0.3) is 11.5 Å². The Morgan fingerprint density at radius 2 is 1.69 bits per heavy atom. The van der Waals surface area contributed by atoms with Gasteiger partial charge in [0.05, 0.1) is 11.4 Å². The lowest BCUT2D eigenvalue weighted by atomic mass is 10.1. The van der Waals surface area contributed by atoms with Gasteiger partial charge in [0.25, 0.3) is 0 Å². The van der Waals surface area contributed by atoms with Gasteiger partial charge in [-0.1, -0.05) is 12.1 Å². The maximum absolute atomic E-state index is 12.8. The Morgan fingerprint density at radius 1 is 1.03 bits per heavy atom. The number of amides is 1. The molecule has 1 aliphatic rings. The van der Waals surface area contributed by atoms with Gasteiger partial charge >= 0.3 is 0 Å². The van der Waals surface area contributed by atoms with Crippen molar-refractivity contribution in [3.05, 3.63) is 66.3 Å². The number of carbonyl (C=O) groups excluding carboxylic acids is 2. The average molecular weight is 428 g/mol. The molecule has 9 heteroatoms. The molecule has 0 atom stereocenters. The minimum absolute atomic E-state index is 0.0305. The van der Waals surface area contributed by atoms with Crippen molar-refractivity contribution >= 4 is 28.8 Å². The average Bonchev–Trinajstić information content (AvgIpc) is 3.43. The number of hydrogen-bond donors (Lipinski definition) is 1. The van der Waals surface area contributed by atoms with E-state index in [-0.39, 0.29) is 30.1 Å². The van der Waals surface area contributed by atoms with Crippen molar-refractivity contribution in [3.63, 3.8) is 0 Å². The number of anilines is 3. The van der Waals surface area contributed by atoms with Crippen molar-refractivity contribution in [3.8, 4) is 17.5 Å². The van der Waals surface area contributed by atoms with E-state index in [0.29, 0.717) is 17.4 Å². The summed E-state index contributed by atoms with van der Waals surface area (Å²) in [6.07, 6.45) is 1.13. The minimum atomic E-state index is -0.379. The van der Waals surface area contributed by atoms with Gasteiger partial charge in [-0.2, -0.15) is 5.26 Å². The smallest absolute Gasteiger partial charge is 0.247 e. The molecule has 1 N–H and O–H groups in total. The van der Waals surface area contributed by atoms with Crippen molar-refractivity contribution in [1.82, 2.24) is 10.2 Å². The van der Waals surface area contributed by atoms with Crippen molar-refractivity contribution in [2.45, 2.75) is 12.8 Å². The Kier molecular flexibility index (Phi) is 5.68. The van der Waals surface area contributed by atoms with Crippen LogP contribution in [0.4, 0.5) is 17.1 Å². The third kappa shape index (κ3) is 3.94. The molecule has 0 saturated carbocycles. The molecule has 0 saturated heterocycles. The molecule has 1 amide bonds. The van der Waals surface area contributed by atoms with Crippen LogP contribution < -0.4 is 15.1 Å². The van der Waals surface area contributed by atoms with Crippen LogP contribution in [0.3, 0.4) is 0 Å². The fourth-order valence-corrected chi connectivity index (χ4v) is 3.63. The molecule has 160 valence electrons. The number of carbonyl (C=O) groups is 2. The van der Waals surface area contributed by atoms with Crippen LogP contribution in [0, 0.1) is 11.3 Å². The summed E-state index contributed by atoms with van der Waals surface area (Å²) in [7, 11) is 3.62. The first-order chi connectivity index (χ1) is 15.5. The van der Waals surface area contributed by atoms with Crippen LogP contribution in [0.5, 0.6) is 0 Å². The molecule has 2 heterocycles. The first kappa shape index (κ1) is 20.8. The summed E-state index contributed by atoms with van der Waals surface area (Å²) in [6, 6.07) is 16.6. The van der Waals surface area contributed by atoms with E-state index in [9.17, 15) is 14.9 Å². The maximum Gasteiger partial charge on any atom is 0.247 e. The SMILES string of the molecule is CN1C(=C(C#N)C(=O)CCC(=O)Nc2ccc(-c3nnco3)cc2)N(C)c2ccccc21. The second-order valence-corrected chi connectivity index (χ2v) is 7.21. The van der Waals surface area contributed by atoms with Gasteiger partial charge in [0.15, 0.2) is 5.78 Å². The number of benzene rings is 2. The molecule has 9 nitrogen and oxygen atoms in total. The zero-order valence-electron chi connectivity index (χ0n) is 17.6. The summed E-state index contributed by atoms with van der Waals surface area (Å²) < 4.78 is 5.13. The number of nitrogens with zero attached hydrogens (tertiary/aromatic N) is 5. The molecule has 2 aromatic carbocycles. The van der Waals surface area contributed by atoms with Crippen LogP contribution in [-0.4, -0.2) is 36.0 Å². The van der Waals surface area contributed by atoms with Crippen LogP contribution in [-0.2, 0) is 9.59 Å². The molecular formula is C23H20N6O3. The number of Topliss-reactive ketones (excluding diaryl/α,β-unsaturated/α-hetero) is 1. The highest BCUT2D eigenvalue weighted by Crippen LogP contribution is 2.40. The predicted octanol–water partition coefficient (Wildman–Crippen LogP) is 3.35. The molecule has 0 fully saturated rings. The standard InChI is InChI=1S/C23H20N6O3/c1-28-18-5-3-4-6-19(18)29(2)23(28)17(13-24)20(30)11-12-21(31)26-16-9-7-15(8-10-16)22-27-25-14-32-22/h3-10,14H,11-12H2,1-2H3,(H,26,31). The van der Waals surface area contributed by atoms with E-state index in [4.69, 9.17) is 4.42 Å². The fourth-order valence-electron chi connectivity index (χ4n) is 3.63. The zero-order chi connectivity index (χ0) is 22.7. The fraction of sp³-hybridized carbons (Fsp3) is 0.174. The number of allylic oxidation sites excluding steroid dienone is 1. The number of fused-ring (bicyclic) bond motifs is 1. The number of hydrogen-bond acceptors (Lipinski definition) is 8. The molecule has 32 heavy (non-hydrogen) atoms. The van der Waals surface area contributed by atoms with Gasteiger partial charge in [-0.3, -0.25) is 9.59 Å². The monoisotopic (exact) mass is 428 g/mol. The molecule has 0 spiro atoms. The first-order valence-corrected chi connectivity index (χ1v) is 9.90. The number of ketones is 1. The van der Waals surface area contributed by atoms with Gasteiger partial charge in [-0.25, -0.2) is 0 Å². The van der Waals surface area contributed by atoms with Gasteiger partial charge < -0.3 is 19.5 Å². The van der Waals surface area contributed by atoms with E-state index in [1.165, 1.54) is 6.39 Å². The third-order valence-electron chi connectivity index (χ3n) is 5.21. The summed E-state index contributed by atoms with van der Waals surface area (Å²) in [6.45, 7) is 0. The lowest BCUT2D eigenvalue weighted by Crippen LogP contribution is -2.26. The molecule has 0 unspecified atom stereocenters. The second-order valence-electron chi connectivity index (χ2n) is 7.21. The largest absolute Gasteiger partial charge is 0.423 e. The van der Waals surface area contributed by atoms with Gasteiger partial charge in [0.2, 0.25) is 18.2 Å². The van der Waals surface area contributed by atoms with Gasteiger partial charge in [-0.05, 0) is 36.4 Å². The normalized spacial score (nSPS) is 12.3. The molecule has 4 rings (SSSR count). The lowest BCUT2D eigenvalue weighted by molar-refractivity contribution is -0.120. The van der Waals surface area contributed by atoms with Gasteiger partial charge in [0, 0.05) is 38.2 Å². The highest BCUT2D eigenvalue weighted by molar-refractivity contribution is 6.04. The summed E-state index contributed by atoms with van der Waals surface area (Å²) in [5, 5.41) is 19.9. The minimum Gasteiger partial charge on any atom is -0.423 e. The molecule has 0 radical (unpaired) electrons. The van der Waals surface area contributed by atoms with Crippen molar-refractivity contribution in [2.24, 2.45) is 0 Å². The topological polar surface area (TPSA) is 115 Å². The Morgan fingerprint density at radius 3 is 2.25 bits per heavy atom. The van der Waals surface area contributed by atoms with E-state index >= 15 is 0 Å². The van der Waals surface area contributed by atoms with E-state index in [0.717, 1.165) is 16.9 Å². The first-order valence-electron chi connectivity index (χ1n) is 9.90. The quantitative estimate of drug-likeness (QED) is 0.469. The summed E-state index contributed by atoms with van der Waals surface area (Å²) >= 11 is 0.